The fourth-order valence-corrected chi connectivity index (χ4v) is 2.95. The minimum absolute atomic E-state index is 0.869. The van der Waals surface area contributed by atoms with Crippen LogP contribution < -0.4 is 10.0 Å². The van der Waals surface area contributed by atoms with Crippen molar-refractivity contribution in [1.82, 2.24) is 0 Å². The SMILES string of the molecule is NSc1cccc(N(Cc2ccccc2)Cc2ccccc2)c1. The third-order valence-electron chi connectivity index (χ3n) is 3.75. The third-order valence-corrected chi connectivity index (χ3v) is 4.28. The quantitative estimate of drug-likeness (QED) is 0.658. The van der Waals surface area contributed by atoms with Gasteiger partial charge in [0.15, 0.2) is 0 Å². The molecule has 0 heterocycles. The van der Waals surface area contributed by atoms with Crippen LogP contribution in [0.4, 0.5) is 5.69 Å². The lowest BCUT2D eigenvalue weighted by molar-refractivity contribution is 0.798. The summed E-state index contributed by atoms with van der Waals surface area (Å²) in [5.41, 5.74) is 3.79. The second-order valence-electron chi connectivity index (χ2n) is 5.44. The molecule has 0 aliphatic rings. The smallest absolute Gasteiger partial charge is 0.0433 e. The van der Waals surface area contributed by atoms with Crippen LogP contribution in [0.2, 0.25) is 0 Å². The lowest BCUT2D eigenvalue weighted by Gasteiger charge is -2.25. The molecule has 0 amide bonds. The third kappa shape index (κ3) is 4.38. The molecule has 0 aliphatic carbocycles. The predicted molar refractivity (Wildman–Crippen MR) is 99.3 cm³/mol. The van der Waals surface area contributed by atoms with Gasteiger partial charge < -0.3 is 4.90 Å². The summed E-state index contributed by atoms with van der Waals surface area (Å²) in [6.45, 7) is 1.74. The fourth-order valence-electron chi connectivity index (χ4n) is 2.60. The Labute approximate surface area is 142 Å². The Morgan fingerprint density at radius 1 is 0.696 bits per heavy atom. The van der Waals surface area contributed by atoms with Crippen molar-refractivity contribution in [3.05, 3.63) is 96.1 Å². The van der Waals surface area contributed by atoms with E-state index in [-0.39, 0.29) is 0 Å². The average Bonchev–Trinajstić information content (AvgIpc) is 2.63. The first-order valence-corrected chi connectivity index (χ1v) is 8.53. The molecule has 3 rings (SSSR count). The molecule has 0 radical (unpaired) electrons. The van der Waals surface area contributed by atoms with Crippen LogP contribution in [-0.2, 0) is 13.1 Å². The second-order valence-corrected chi connectivity index (χ2v) is 6.15. The minimum Gasteiger partial charge on any atom is -0.363 e. The molecule has 0 atom stereocenters. The van der Waals surface area contributed by atoms with Gasteiger partial charge in [-0.15, -0.1) is 0 Å². The van der Waals surface area contributed by atoms with E-state index in [0.29, 0.717) is 0 Å². The molecule has 0 spiro atoms. The van der Waals surface area contributed by atoms with Gasteiger partial charge in [0, 0.05) is 23.7 Å². The predicted octanol–water partition coefficient (Wildman–Crippen LogP) is 4.86. The molecule has 2 N–H and O–H groups in total. The lowest BCUT2D eigenvalue weighted by Crippen LogP contribution is -2.22. The molecule has 0 saturated carbocycles. The summed E-state index contributed by atoms with van der Waals surface area (Å²) >= 11 is 1.29. The molecule has 23 heavy (non-hydrogen) atoms. The summed E-state index contributed by atoms with van der Waals surface area (Å²) in [5, 5.41) is 5.72. The van der Waals surface area contributed by atoms with Crippen molar-refractivity contribution in [2.24, 2.45) is 5.14 Å². The van der Waals surface area contributed by atoms with E-state index in [4.69, 9.17) is 5.14 Å². The van der Waals surface area contributed by atoms with Crippen LogP contribution in [0.1, 0.15) is 11.1 Å². The molecule has 0 unspecified atom stereocenters. The monoisotopic (exact) mass is 320 g/mol. The first-order chi connectivity index (χ1) is 11.3. The normalized spacial score (nSPS) is 10.5. The van der Waals surface area contributed by atoms with E-state index >= 15 is 0 Å². The molecular formula is C20H20N2S. The van der Waals surface area contributed by atoms with Crippen LogP contribution >= 0.6 is 11.9 Å². The Morgan fingerprint density at radius 2 is 1.26 bits per heavy atom. The molecule has 0 saturated heterocycles. The molecule has 3 heteroatoms. The first kappa shape index (κ1) is 15.7. The largest absolute Gasteiger partial charge is 0.363 e. The summed E-state index contributed by atoms with van der Waals surface area (Å²) in [6.07, 6.45) is 0. The van der Waals surface area contributed by atoms with E-state index in [1.54, 1.807) is 0 Å². The second kappa shape index (κ2) is 7.86. The van der Waals surface area contributed by atoms with Gasteiger partial charge in [0.05, 0.1) is 0 Å². The molecule has 116 valence electrons. The highest BCUT2D eigenvalue weighted by Crippen LogP contribution is 2.24. The summed E-state index contributed by atoms with van der Waals surface area (Å²) < 4.78 is 0. The first-order valence-electron chi connectivity index (χ1n) is 7.65. The van der Waals surface area contributed by atoms with Gasteiger partial charge in [0.2, 0.25) is 0 Å². The van der Waals surface area contributed by atoms with Crippen LogP contribution in [0.3, 0.4) is 0 Å². The Kier molecular flexibility index (Phi) is 5.35. The van der Waals surface area contributed by atoms with E-state index < -0.39 is 0 Å². The van der Waals surface area contributed by atoms with Crippen LogP contribution in [0.25, 0.3) is 0 Å². The highest BCUT2D eigenvalue weighted by Gasteiger charge is 2.09. The zero-order chi connectivity index (χ0) is 15.9. The van der Waals surface area contributed by atoms with Gasteiger partial charge >= 0.3 is 0 Å². The number of anilines is 1. The van der Waals surface area contributed by atoms with Crippen molar-refractivity contribution < 1.29 is 0 Å². The molecule has 2 nitrogen and oxygen atoms in total. The Hall–Kier alpha value is -2.23. The van der Waals surface area contributed by atoms with E-state index in [0.717, 1.165) is 18.0 Å². The molecule has 0 fully saturated rings. The molecule has 0 bridgehead atoms. The van der Waals surface area contributed by atoms with Crippen molar-refractivity contribution >= 4 is 17.6 Å². The maximum Gasteiger partial charge on any atom is 0.0433 e. The average molecular weight is 320 g/mol. The lowest BCUT2D eigenvalue weighted by atomic mass is 10.1. The molecule has 3 aromatic carbocycles. The topological polar surface area (TPSA) is 29.3 Å². The van der Waals surface area contributed by atoms with E-state index in [9.17, 15) is 0 Å². The van der Waals surface area contributed by atoms with Crippen molar-refractivity contribution in [1.29, 1.82) is 0 Å². The summed E-state index contributed by atoms with van der Waals surface area (Å²) in [6, 6.07) is 29.5. The van der Waals surface area contributed by atoms with Gasteiger partial charge in [0.1, 0.15) is 0 Å². The van der Waals surface area contributed by atoms with E-state index in [2.05, 4.69) is 83.8 Å². The zero-order valence-corrected chi connectivity index (χ0v) is 13.7. The number of hydrogen-bond donors (Lipinski definition) is 1. The van der Waals surface area contributed by atoms with Gasteiger partial charge in [-0.1, -0.05) is 66.7 Å². The van der Waals surface area contributed by atoms with Crippen molar-refractivity contribution in [3.8, 4) is 0 Å². The molecule has 0 aliphatic heterocycles. The molecule has 3 aromatic rings. The maximum absolute atomic E-state index is 5.72. The van der Waals surface area contributed by atoms with Gasteiger partial charge in [0.25, 0.3) is 0 Å². The van der Waals surface area contributed by atoms with Crippen LogP contribution in [-0.4, -0.2) is 0 Å². The Morgan fingerprint density at radius 3 is 1.78 bits per heavy atom. The summed E-state index contributed by atoms with van der Waals surface area (Å²) in [7, 11) is 0. The minimum atomic E-state index is 0.869. The van der Waals surface area contributed by atoms with Crippen LogP contribution in [0, 0.1) is 0 Å². The van der Waals surface area contributed by atoms with Crippen LogP contribution in [0.15, 0.2) is 89.8 Å². The van der Waals surface area contributed by atoms with E-state index in [1.165, 1.54) is 28.8 Å². The van der Waals surface area contributed by atoms with Crippen molar-refractivity contribution in [3.63, 3.8) is 0 Å². The molecule has 0 aromatic heterocycles. The number of rotatable bonds is 6. The maximum atomic E-state index is 5.72. The summed E-state index contributed by atoms with van der Waals surface area (Å²) in [5.74, 6) is 0. The number of nitrogens with two attached hydrogens (primary N) is 1. The van der Waals surface area contributed by atoms with Crippen molar-refractivity contribution in [2.45, 2.75) is 18.0 Å². The van der Waals surface area contributed by atoms with Gasteiger partial charge in [-0.3, -0.25) is 5.14 Å². The van der Waals surface area contributed by atoms with Gasteiger partial charge in [-0.25, -0.2) is 0 Å². The zero-order valence-electron chi connectivity index (χ0n) is 12.9. The Bertz CT molecular complexity index is 687. The number of benzene rings is 3. The summed E-state index contributed by atoms with van der Waals surface area (Å²) in [4.78, 5) is 3.46. The van der Waals surface area contributed by atoms with E-state index in [1.807, 2.05) is 6.07 Å². The highest BCUT2D eigenvalue weighted by molar-refractivity contribution is 7.97. The van der Waals surface area contributed by atoms with Crippen molar-refractivity contribution in [2.75, 3.05) is 4.90 Å². The van der Waals surface area contributed by atoms with Crippen LogP contribution in [0.5, 0.6) is 0 Å². The fraction of sp³-hybridized carbons (Fsp3) is 0.100. The number of nitrogens with zero attached hydrogens (tertiary/aromatic N) is 1. The highest BCUT2D eigenvalue weighted by atomic mass is 32.2. The van der Waals surface area contributed by atoms with Gasteiger partial charge in [-0.05, 0) is 41.3 Å². The Balaban J connectivity index is 1.88. The molecular weight excluding hydrogens is 300 g/mol. The van der Waals surface area contributed by atoms with Gasteiger partial charge in [-0.2, -0.15) is 0 Å². The number of hydrogen-bond acceptors (Lipinski definition) is 3. The standard InChI is InChI=1S/C20H20N2S/c21-23-20-13-7-12-19(14-20)22(15-17-8-3-1-4-9-17)16-18-10-5-2-6-11-18/h1-14H,15-16,21H2.